The number of fused-ring (bicyclic) bond motifs is 1. The number of carbonyl (C=O) groups excluding carboxylic acids is 3. The molecule has 1 saturated heterocycles. The number of nitrogens with one attached hydrogen (secondary N) is 1. The first kappa shape index (κ1) is 23.6. The van der Waals surface area contributed by atoms with E-state index in [1.807, 2.05) is 6.07 Å². The Balaban J connectivity index is 1.62. The average molecular weight is 466 g/mol. The second kappa shape index (κ2) is 9.75. The number of anilines is 2. The van der Waals surface area contributed by atoms with Gasteiger partial charge in [0.25, 0.3) is 11.8 Å². The van der Waals surface area contributed by atoms with Crippen molar-refractivity contribution >= 4 is 29.1 Å². The van der Waals surface area contributed by atoms with Crippen molar-refractivity contribution in [2.24, 2.45) is 11.8 Å². The molecule has 1 atom stereocenters. The van der Waals surface area contributed by atoms with Crippen molar-refractivity contribution < 1.29 is 23.9 Å². The molecule has 0 saturated carbocycles. The monoisotopic (exact) mass is 465 g/mol. The third-order valence-electron chi connectivity index (χ3n) is 6.34. The summed E-state index contributed by atoms with van der Waals surface area (Å²) in [7, 11) is 3.03. The molecule has 2 aromatic rings. The van der Waals surface area contributed by atoms with Crippen molar-refractivity contribution in [3.63, 3.8) is 0 Å². The summed E-state index contributed by atoms with van der Waals surface area (Å²) < 4.78 is 10.6. The van der Waals surface area contributed by atoms with Crippen LogP contribution in [0.15, 0.2) is 36.4 Å². The van der Waals surface area contributed by atoms with Crippen LogP contribution in [-0.4, -0.2) is 51.6 Å². The van der Waals surface area contributed by atoms with E-state index in [1.54, 1.807) is 30.3 Å². The van der Waals surface area contributed by atoms with Gasteiger partial charge in [-0.05, 0) is 43.0 Å². The van der Waals surface area contributed by atoms with Crippen molar-refractivity contribution in [1.29, 1.82) is 0 Å². The van der Waals surface area contributed by atoms with Gasteiger partial charge in [0, 0.05) is 25.7 Å². The van der Waals surface area contributed by atoms with E-state index in [-0.39, 0.29) is 23.6 Å². The average Bonchev–Trinajstić information content (AvgIpc) is 3.12. The van der Waals surface area contributed by atoms with E-state index in [0.717, 1.165) is 19.4 Å². The number of piperidine rings is 1. The van der Waals surface area contributed by atoms with Crippen molar-refractivity contribution in [2.45, 2.75) is 26.7 Å². The molecular weight excluding hydrogens is 434 g/mol. The molecule has 3 amide bonds. The number of rotatable bonds is 7. The molecule has 1 N–H and O–H groups in total. The van der Waals surface area contributed by atoms with E-state index >= 15 is 0 Å². The fourth-order valence-electron chi connectivity index (χ4n) is 4.59. The topological polar surface area (TPSA) is 88.2 Å². The molecule has 1 unspecified atom stereocenters. The number of amides is 3. The van der Waals surface area contributed by atoms with Gasteiger partial charge in [0.15, 0.2) is 11.5 Å². The smallest absolute Gasteiger partial charge is 0.268 e. The normalized spacial score (nSPS) is 17.7. The molecule has 0 aromatic heterocycles. The number of hydrogen-bond donors (Lipinski definition) is 1. The number of benzene rings is 2. The molecule has 2 aliphatic heterocycles. The second-order valence-corrected chi connectivity index (χ2v) is 9.11. The van der Waals surface area contributed by atoms with E-state index < -0.39 is 0 Å². The third kappa shape index (κ3) is 4.32. The van der Waals surface area contributed by atoms with Crippen molar-refractivity contribution in [3.8, 4) is 11.5 Å². The first-order valence-electron chi connectivity index (χ1n) is 11.6. The lowest BCUT2D eigenvalue weighted by atomic mass is 9.95. The van der Waals surface area contributed by atoms with Gasteiger partial charge in [0.2, 0.25) is 5.91 Å². The molecule has 0 bridgehead atoms. The Hall–Kier alpha value is -3.55. The molecule has 4 rings (SSSR count). The molecule has 180 valence electrons. The minimum atomic E-state index is -0.380. The predicted molar refractivity (Wildman–Crippen MR) is 130 cm³/mol. The van der Waals surface area contributed by atoms with E-state index in [9.17, 15) is 14.4 Å². The SMILES string of the molecule is COc1ccc(N2C(=O)c3cccc(N4CCCC(C(=O)NCC(C)C)C4)c3C2=O)cc1OC. The molecule has 34 heavy (non-hydrogen) atoms. The number of carbonyl (C=O) groups is 3. The first-order valence-corrected chi connectivity index (χ1v) is 11.6. The van der Waals surface area contributed by atoms with Crippen LogP contribution >= 0.6 is 0 Å². The Morgan fingerprint density at radius 1 is 1.09 bits per heavy atom. The number of hydrogen-bond acceptors (Lipinski definition) is 6. The minimum Gasteiger partial charge on any atom is -0.493 e. The van der Waals surface area contributed by atoms with Crippen molar-refractivity contribution in [2.75, 3.05) is 43.7 Å². The van der Waals surface area contributed by atoms with E-state index in [4.69, 9.17) is 9.47 Å². The lowest BCUT2D eigenvalue weighted by Gasteiger charge is -2.34. The zero-order valence-electron chi connectivity index (χ0n) is 20.1. The fourth-order valence-corrected chi connectivity index (χ4v) is 4.59. The Bertz CT molecular complexity index is 1110. The molecule has 1 fully saturated rings. The lowest BCUT2D eigenvalue weighted by Crippen LogP contribution is -2.44. The van der Waals surface area contributed by atoms with Crippen LogP contribution in [-0.2, 0) is 4.79 Å². The Morgan fingerprint density at radius 3 is 2.56 bits per heavy atom. The molecule has 2 aliphatic rings. The summed E-state index contributed by atoms with van der Waals surface area (Å²) in [5.41, 5.74) is 1.86. The molecule has 0 aliphatic carbocycles. The largest absolute Gasteiger partial charge is 0.493 e. The second-order valence-electron chi connectivity index (χ2n) is 9.11. The van der Waals surface area contributed by atoms with Gasteiger partial charge in [-0.25, -0.2) is 4.90 Å². The van der Waals surface area contributed by atoms with Gasteiger partial charge in [-0.1, -0.05) is 19.9 Å². The van der Waals surface area contributed by atoms with Gasteiger partial charge >= 0.3 is 0 Å². The zero-order chi connectivity index (χ0) is 24.4. The maximum Gasteiger partial charge on any atom is 0.268 e. The predicted octanol–water partition coefficient (Wildman–Crippen LogP) is 3.49. The van der Waals surface area contributed by atoms with Crippen LogP contribution in [0, 0.1) is 11.8 Å². The number of imide groups is 1. The summed E-state index contributed by atoms with van der Waals surface area (Å²) in [6, 6.07) is 10.3. The number of methoxy groups -OCH3 is 2. The molecule has 8 nitrogen and oxygen atoms in total. The van der Waals surface area contributed by atoms with Crippen LogP contribution in [0.2, 0.25) is 0 Å². The quantitative estimate of drug-likeness (QED) is 0.630. The van der Waals surface area contributed by atoms with Gasteiger partial charge < -0.3 is 19.7 Å². The maximum absolute atomic E-state index is 13.5. The lowest BCUT2D eigenvalue weighted by molar-refractivity contribution is -0.125. The summed E-state index contributed by atoms with van der Waals surface area (Å²) in [6.45, 7) is 6.00. The highest BCUT2D eigenvalue weighted by molar-refractivity contribution is 6.36. The number of ether oxygens (including phenoxy) is 2. The minimum absolute atomic E-state index is 0.0420. The molecule has 0 radical (unpaired) electrons. The van der Waals surface area contributed by atoms with Crippen LogP contribution in [0.5, 0.6) is 11.5 Å². The van der Waals surface area contributed by atoms with Crippen LogP contribution < -0.4 is 24.6 Å². The van der Waals surface area contributed by atoms with Crippen LogP contribution in [0.4, 0.5) is 11.4 Å². The third-order valence-corrected chi connectivity index (χ3v) is 6.34. The summed E-state index contributed by atoms with van der Waals surface area (Å²) in [5.74, 6) is 0.457. The highest BCUT2D eigenvalue weighted by Gasteiger charge is 2.40. The van der Waals surface area contributed by atoms with Gasteiger partial charge in [-0.2, -0.15) is 0 Å². The summed E-state index contributed by atoms with van der Waals surface area (Å²) in [6.07, 6.45) is 1.64. The molecule has 2 heterocycles. The van der Waals surface area contributed by atoms with Gasteiger partial charge in [0.1, 0.15) is 0 Å². The van der Waals surface area contributed by atoms with Crippen molar-refractivity contribution in [1.82, 2.24) is 5.32 Å². The van der Waals surface area contributed by atoms with Crippen LogP contribution in [0.25, 0.3) is 0 Å². The highest BCUT2D eigenvalue weighted by Crippen LogP contribution is 2.38. The van der Waals surface area contributed by atoms with Gasteiger partial charge in [-0.15, -0.1) is 0 Å². The van der Waals surface area contributed by atoms with Crippen molar-refractivity contribution in [3.05, 3.63) is 47.5 Å². The summed E-state index contributed by atoms with van der Waals surface area (Å²) in [4.78, 5) is 42.7. The fraction of sp³-hybridized carbons (Fsp3) is 0.423. The Kier molecular flexibility index (Phi) is 6.77. The van der Waals surface area contributed by atoms with Crippen LogP contribution in [0.1, 0.15) is 47.4 Å². The molecule has 0 spiro atoms. The van der Waals surface area contributed by atoms with Gasteiger partial charge in [0.05, 0.1) is 42.6 Å². The standard InChI is InChI=1S/C26H31N3O5/c1-16(2)14-27-24(30)17-7-6-12-28(15-17)20-9-5-8-19-23(20)26(32)29(25(19)31)18-10-11-21(33-3)22(13-18)34-4/h5,8-11,13,16-17H,6-7,12,14-15H2,1-4H3,(H,27,30). The number of nitrogens with zero attached hydrogens (tertiary/aromatic N) is 2. The Labute approximate surface area is 199 Å². The maximum atomic E-state index is 13.5. The molecule has 8 heteroatoms. The van der Waals surface area contributed by atoms with E-state index in [0.29, 0.717) is 53.0 Å². The molecular formula is C26H31N3O5. The first-order chi connectivity index (χ1) is 16.3. The van der Waals surface area contributed by atoms with E-state index in [1.165, 1.54) is 19.1 Å². The highest BCUT2D eigenvalue weighted by atomic mass is 16.5. The zero-order valence-corrected chi connectivity index (χ0v) is 20.1. The molecule has 2 aromatic carbocycles. The summed E-state index contributed by atoms with van der Waals surface area (Å²) >= 11 is 0. The Morgan fingerprint density at radius 2 is 1.85 bits per heavy atom. The van der Waals surface area contributed by atoms with E-state index in [2.05, 4.69) is 24.1 Å². The van der Waals surface area contributed by atoms with Crippen LogP contribution in [0.3, 0.4) is 0 Å². The van der Waals surface area contributed by atoms with Gasteiger partial charge in [-0.3, -0.25) is 14.4 Å². The summed E-state index contributed by atoms with van der Waals surface area (Å²) in [5, 5.41) is 3.02.